The first-order valence-corrected chi connectivity index (χ1v) is 10.2. The van der Waals surface area contributed by atoms with E-state index < -0.39 is 0 Å². The first-order valence-electron chi connectivity index (χ1n) is 10.2. The van der Waals surface area contributed by atoms with Crippen LogP contribution in [0.25, 0.3) is 0 Å². The average molecular weight is 353 g/mol. The van der Waals surface area contributed by atoms with Gasteiger partial charge in [-0.3, -0.25) is 4.79 Å². The van der Waals surface area contributed by atoms with Gasteiger partial charge in [0.25, 0.3) is 0 Å². The molecule has 140 valence electrons. The molecule has 2 nitrogen and oxygen atoms in total. The molecular formula is C24H32O2. The molecule has 0 heterocycles. The second-order valence-corrected chi connectivity index (χ2v) is 9.46. The Morgan fingerprint density at radius 3 is 2.81 bits per heavy atom. The highest BCUT2D eigenvalue weighted by Gasteiger charge is 2.61. The number of carbonyl (C=O) groups excluding carboxylic acids is 1. The molecular weight excluding hydrogens is 320 g/mol. The molecule has 26 heavy (non-hydrogen) atoms. The molecule has 1 saturated carbocycles. The Morgan fingerprint density at radius 1 is 1.31 bits per heavy atom. The summed E-state index contributed by atoms with van der Waals surface area (Å²) < 4.78 is 6.03. The Bertz CT molecular complexity index is 754. The van der Waals surface area contributed by atoms with Crippen molar-refractivity contribution in [2.24, 2.45) is 22.7 Å². The minimum absolute atomic E-state index is 0.0200. The van der Waals surface area contributed by atoms with Gasteiger partial charge in [0, 0.05) is 23.2 Å². The number of allylic oxidation sites excluding steroid dienone is 7. The van der Waals surface area contributed by atoms with E-state index in [2.05, 4.69) is 51.7 Å². The van der Waals surface area contributed by atoms with Crippen LogP contribution in [0, 0.1) is 22.7 Å². The standard InChI is InChI=1S/C24H32O2/c1-6-21(25)26-24(5)14-11-20-18-8-7-17-15-16(2)9-12-22(17,3)19(18)10-13-23(20,24)4/h7-8,10,15,18,20H,2,6,9,11-14H2,1,3-5H3/t18?,20?,22?,23?,24-/m1/s1. The van der Waals surface area contributed by atoms with Gasteiger partial charge in [0.1, 0.15) is 5.60 Å². The highest BCUT2D eigenvalue weighted by atomic mass is 16.6. The summed E-state index contributed by atoms with van der Waals surface area (Å²) in [6.45, 7) is 13.0. The normalized spacial score (nSPS) is 43.8. The lowest BCUT2D eigenvalue weighted by atomic mass is 9.52. The van der Waals surface area contributed by atoms with Gasteiger partial charge < -0.3 is 4.74 Å². The molecule has 4 unspecified atom stereocenters. The average Bonchev–Trinajstić information content (AvgIpc) is 2.86. The van der Waals surface area contributed by atoms with Crippen LogP contribution < -0.4 is 0 Å². The molecule has 4 aliphatic rings. The molecule has 0 N–H and O–H groups in total. The van der Waals surface area contributed by atoms with Crippen molar-refractivity contribution in [2.45, 2.75) is 71.8 Å². The van der Waals surface area contributed by atoms with Crippen molar-refractivity contribution in [3.8, 4) is 0 Å². The monoisotopic (exact) mass is 352 g/mol. The smallest absolute Gasteiger partial charge is 0.306 e. The quantitative estimate of drug-likeness (QED) is 0.456. The summed E-state index contributed by atoms with van der Waals surface area (Å²) in [6.07, 6.45) is 15.4. The third-order valence-corrected chi connectivity index (χ3v) is 8.19. The van der Waals surface area contributed by atoms with E-state index in [-0.39, 0.29) is 22.4 Å². The van der Waals surface area contributed by atoms with Crippen LogP contribution in [0.3, 0.4) is 0 Å². The Labute approximate surface area is 158 Å². The van der Waals surface area contributed by atoms with E-state index in [0.29, 0.717) is 18.3 Å². The van der Waals surface area contributed by atoms with Crippen molar-refractivity contribution in [1.82, 2.24) is 0 Å². The number of hydrogen-bond acceptors (Lipinski definition) is 2. The van der Waals surface area contributed by atoms with Crippen LogP contribution in [0.2, 0.25) is 0 Å². The molecule has 4 aliphatic carbocycles. The first kappa shape index (κ1) is 17.8. The fraction of sp³-hybridized carbons (Fsp3) is 0.625. The minimum atomic E-state index is -0.349. The molecule has 2 heteroatoms. The highest BCUT2D eigenvalue weighted by Crippen LogP contribution is 2.65. The van der Waals surface area contributed by atoms with Gasteiger partial charge in [0.2, 0.25) is 0 Å². The van der Waals surface area contributed by atoms with E-state index >= 15 is 0 Å². The molecule has 1 fully saturated rings. The molecule has 4 rings (SSSR count). The summed E-state index contributed by atoms with van der Waals surface area (Å²) in [7, 11) is 0. The van der Waals surface area contributed by atoms with Crippen molar-refractivity contribution < 1.29 is 9.53 Å². The summed E-state index contributed by atoms with van der Waals surface area (Å²) in [5.41, 5.74) is 4.11. The zero-order chi connectivity index (χ0) is 18.7. The van der Waals surface area contributed by atoms with Gasteiger partial charge in [-0.05, 0) is 50.5 Å². The lowest BCUT2D eigenvalue weighted by Crippen LogP contribution is -2.50. The second-order valence-electron chi connectivity index (χ2n) is 9.46. The van der Waals surface area contributed by atoms with E-state index in [1.54, 1.807) is 5.57 Å². The summed E-state index contributed by atoms with van der Waals surface area (Å²) >= 11 is 0. The maximum atomic E-state index is 12.1. The molecule has 0 aromatic rings. The fourth-order valence-corrected chi connectivity index (χ4v) is 6.12. The molecule has 0 amide bonds. The predicted molar refractivity (Wildman–Crippen MR) is 106 cm³/mol. The molecule has 0 bridgehead atoms. The Hall–Kier alpha value is -1.57. The van der Waals surface area contributed by atoms with Gasteiger partial charge >= 0.3 is 5.97 Å². The van der Waals surface area contributed by atoms with E-state index in [1.807, 2.05) is 6.92 Å². The molecule has 0 radical (unpaired) electrons. The maximum absolute atomic E-state index is 12.1. The van der Waals surface area contributed by atoms with Crippen LogP contribution in [-0.4, -0.2) is 11.6 Å². The molecule has 0 aromatic carbocycles. The topological polar surface area (TPSA) is 26.3 Å². The Morgan fingerprint density at radius 2 is 2.08 bits per heavy atom. The summed E-state index contributed by atoms with van der Waals surface area (Å²) in [5, 5.41) is 0. The van der Waals surface area contributed by atoms with Gasteiger partial charge in [0.15, 0.2) is 0 Å². The van der Waals surface area contributed by atoms with Gasteiger partial charge in [-0.2, -0.15) is 0 Å². The minimum Gasteiger partial charge on any atom is -0.459 e. The number of ether oxygens (including phenoxy) is 1. The lowest BCUT2D eigenvalue weighted by molar-refractivity contribution is -0.171. The maximum Gasteiger partial charge on any atom is 0.306 e. The van der Waals surface area contributed by atoms with Crippen LogP contribution in [0.15, 0.2) is 47.6 Å². The summed E-state index contributed by atoms with van der Waals surface area (Å²) in [4.78, 5) is 12.1. The van der Waals surface area contributed by atoms with Crippen LogP contribution in [-0.2, 0) is 9.53 Å². The van der Waals surface area contributed by atoms with Gasteiger partial charge in [0.05, 0.1) is 0 Å². The van der Waals surface area contributed by atoms with Crippen LogP contribution in [0.5, 0.6) is 0 Å². The molecule has 0 spiro atoms. The van der Waals surface area contributed by atoms with E-state index in [0.717, 1.165) is 32.1 Å². The molecule has 0 aromatic heterocycles. The third-order valence-electron chi connectivity index (χ3n) is 8.19. The summed E-state index contributed by atoms with van der Waals surface area (Å²) in [6, 6.07) is 0. The van der Waals surface area contributed by atoms with Crippen molar-refractivity contribution in [1.29, 1.82) is 0 Å². The van der Waals surface area contributed by atoms with Crippen molar-refractivity contribution in [2.75, 3.05) is 0 Å². The number of fused-ring (bicyclic) bond motifs is 5. The highest BCUT2D eigenvalue weighted by molar-refractivity contribution is 5.69. The summed E-state index contributed by atoms with van der Waals surface area (Å²) in [5.74, 6) is 0.965. The Balaban J connectivity index is 1.73. The second kappa shape index (κ2) is 5.71. The van der Waals surface area contributed by atoms with Crippen LogP contribution in [0.4, 0.5) is 0 Å². The predicted octanol–water partition coefficient (Wildman–Crippen LogP) is 5.91. The molecule has 0 aliphatic heterocycles. The number of rotatable bonds is 2. The van der Waals surface area contributed by atoms with Crippen molar-refractivity contribution in [3.05, 3.63) is 47.6 Å². The number of esters is 1. The van der Waals surface area contributed by atoms with Gasteiger partial charge in [-0.15, -0.1) is 0 Å². The van der Waals surface area contributed by atoms with E-state index in [1.165, 1.54) is 11.1 Å². The van der Waals surface area contributed by atoms with Gasteiger partial charge in [-0.1, -0.05) is 62.8 Å². The fourth-order valence-electron chi connectivity index (χ4n) is 6.12. The zero-order valence-corrected chi connectivity index (χ0v) is 16.7. The van der Waals surface area contributed by atoms with Crippen LogP contribution >= 0.6 is 0 Å². The largest absolute Gasteiger partial charge is 0.459 e. The first-order chi connectivity index (χ1) is 12.2. The van der Waals surface area contributed by atoms with Crippen molar-refractivity contribution >= 4 is 5.97 Å². The molecule has 0 saturated heterocycles. The number of hydrogen-bond donors (Lipinski definition) is 0. The zero-order valence-electron chi connectivity index (χ0n) is 16.7. The third kappa shape index (κ3) is 2.27. The van der Waals surface area contributed by atoms with E-state index in [4.69, 9.17) is 4.74 Å². The Kier molecular flexibility index (Phi) is 3.92. The number of carbonyl (C=O) groups is 1. The van der Waals surface area contributed by atoms with Crippen molar-refractivity contribution in [3.63, 3.8) is 0 Å². The van der Waals surface area contributed by atoms with Gasteiger partial charge in [-0.25, -0.2) is 0 Å². The SMILES string of the molecule is C=C1C=C2C=CC3C(=CCC4(C)C3CC[C@@]4(C)OC(=O)CC)C2(C)CC1. The van der Waals surface area contributed by atoms with Crippen LogP contribution in [0.1, 0.15) is 66.2 Å². The molecule has 5 atom stereocenters. The van der Waals surface area contributed by atoms with E-state index in [9.17, 15) is 4.79 Å². The lowest BCUT2D eigenvalue weighted by Gasteiger charge is -2.53.